The van der Waals surface area contributed by atoms with Crippen LogP contribution >= 0.6 is 0 Å². The van der Waals surface area contributed by atoms with Gasteiger partial charge in [0.15, 0.2) is 12.6 Å². The molecule has 6 N–H and O–H groups in total. The van der Waals surface area contributed by atoms with Crippen LogP contribution in [0.1, 0.15) is 31.5 Å². The van der Waals surface area contributed by atoms with E-state index in [1.807, 2.05) is 37.3 Å². The highest BCUT2D eigenvalue weighted by Crippen LogP contribution is 2.31. The van der Waals surface area contributed by atoms with Crippen LogP contribution in [0.5, 0.6) is 0 Å². The molecule has 10 atom stereocenters. The number of amides is 1. The summed E-state index contributed by atoms with van der Waals surface area (Å²) in [6, 6.07) is 8.59. The summed E-state index contributed by atoms with van der Waals surface area (Å²) in [6.07, 6.45) is -9.69. The number of carbonyl (C=O) groups excluding carboxylic acids is 1. The first-order chi connectivity index (χ1) is 20.2. The number of nitrogens with one attached hydrogen (secondary N) is 1. The Morgan fingerprint density at radius 2 is 1.69 bits per heavy atom. The van der Waals surface area contributed by atoms with Crippen molar-refractivity contribution in [3.05, 3.63) is 47.8 Å². The molecule has 4 rings (SSSR count). The Balaban J connectivity index is 1.45. The quantitative estimate of drug-likeness (QED) is 0.149. The van der Waals surface area contributed by atoms with Crippen molar-refractivity contribution < 1.29 is 54.0 Å². The van der Waals surface area contributed by atoms with E-state index in [9.17, 15) is 30.3 Å². The Hall–Kier alpha value is -2.57. The molecule has 0 unspecified atom stereocenters. The molecule has 0 spiro atoms. The summed E-state index contributed by atoms with van der Waals surface area (Å²) >= 11 is 0. The first kappa shape index (κ1) is 32.3. The second kappa shape index (κ2) is 15.2. The highest BCUT2D eigenvalue weighted by molar-refractivity contribution is 5.73. The van der Waals surface area contributed by atoms with Gasteiger partial charge >= 0.3 is 0 Å². The van der Waals surface area contributed by atoms with Crippen LogP contribution in [-0.2, 0) is 41.6 Å². The monoisotopic (exact) mass is 596 g/mol. The summed E-state index contributed by atoms with van der Waals surface area (Å²) in [5.74, 6) is -0.458. The van der Waals surface area contributed by atoms with Crippen molar-refractivity contribution in [3.8, 4) is 0 Å². The maximum atomic E-state index is 11.8. The number of benzene rings is 1. The van der Waals surface area contributed by atoms with Crippen molar-refractivity contribution in [2.45, 2.75) is 94.8 Å². The Bertz CT molecular complexity index is 1110. The molecule has 2 saturated heterocycles. The van der Waals surface area contributed by atoms with E-state index in [1.54, 1.807) is 10.9 Å². The van der Waals surface area contributed by atoms with E-state index < -0.39 is 80.5 Å². The average Bonchev–Trinajstić information content (AvgIpc) is 3.43. The van der Waals surface area contributed by atoms with Gasteiger partial charge in [0.25, 0.3) is 0 Å². The number of aromatic nitrogens is 3. The van der Waals surface area contributed by atoms with E-state index in [4.69, 9.17) is 23.7 Å². The number of hydrogen-bond acceptors (Lipinski definition) is 13. The molecule has 1 aromatic carbocycles. The van der Waals surface area contributed by atoms with Crippen LogP contribution < -0.4 is 5.32 Å². The van der Waals surface area contributed by atoms with Gasteiger partial charge in [-0.15, -0.1) is 5.10 Å². The zero-order chi connectivity index (χ0) is 30.2. The fraction of sp³-hybridized carbons (Fsp3) is 0.667. The predicted octanol–water partition coefficient (Wildman–Crippen LogP) is -1.95. The van der Waals surface area contributed by atoms with E-state index in [0.29, 0.717) is 18.7 Å². The van der Waals surface area contributed by atoms with Gasteiger partial charge < -0.3 is 54.5 Å². The fourth-order valence-electron chi connectivity index (χ4n) is 4.95. The molecule has 2 aliphatic heterocycles. The van der Waals surface area contributed by atoms with Crippen LogP contribution in [0.4, 0.5) is 0 Å². The number of aliphatic hydroxyl groups is 5. The molecule has 2 aromatic rings. The van der Waals surface area contributed by atoms with E-state index >= 15 is 0 Å². The number of ether oxygens (including phenoxy) is 5. The first-order valence-corrected chi connectivity index (χ1v) is 13.9. The highest BCUT2D eigenvalue weighted by Gasteiger charge is 2.51. The largest absolute Gasteiger partial charge is 0.394 e. The van der Waals surface area contributed by atoms with E-state index in [0.717, 1.165) is 5.56 Å². The third kappa shape index (κ3) is 7.87. The molecule has 0 aliphatic carbocycles. The Morgan fingerprint density at radius 1 is 0.976 bits per heavy atom. The van der Waals surface area contributed by atoms with E-state index in [2.05, 4.69) is 15.6 Å². The van der Waals surface area contributed by atoms with Gasteiger partial charge in [0, 0.05) is 13.5 Å². The zero-order valence-electron chi connectivity index (χ0n) is 23.5. The average molecular weight is 597 g/mol. The molecule has 0 saturated carbocycles. The predicted molar refractivity (Wildman–Crippen MR) is 142 cm³/mol. The van der Waals surface area contributed by atoms with Gasteiger partial charge in [-0.3, -0.25) is 4.79 Å². The van der Waals surface area contributed by atoms with Crippen molar-refractivity contribution >= 4 is 5.91 Å². The highest BCUT2D eigenvalue weighted by atomic mass is 16.7. The third-order valence-corrected chi connectivity index (χ3v) is 7.02. The maximum Gasteiger partial charge on any atom is 0.217 e. The van der Waals surface area contributed by atoms with Crippen LogP contribution in [-0.4, -0.2) is 128 Å². The molecule has 1 amide bonds. The summed E-state index contributed by atoms with van der Waals surface area (Å²) in [4.78, 5) is 11.8. The third-order valence-electron chi connectivity index (χ3n) is 7.02. The molecule has 0 bridgehead atoms. The van der Waals surface area contributed by atoms with E-state index in [1.165, 1.54) is 6.92 Å². The van der Waals surface area contributed by atoms with Gasteiger partial charge in [-0.1, -0.05) is 42.5 Å². The number of nitrogens with zero attached hydrogens (tertiary/aromatic N) is 3. The fourth-order valence-corrected chi connectivity index (χ4v) is 4.95. The molecule has 15 nitrogen and oxygen atoms in total. The molecule has 15 heteroatoms. The Morgan fingerprint density at radius 3 is 2.36 bits per heavy atom. The Labute approximate surface area is 242 Å². The van der Waals surface area contributed by atoms with Gasteiger partial charge in [0.2, 0.25) is 5.91 Å². The molecule has 1 aromatic heterocycles. The molecule has 3 heterocycles. The minimum absolute atomic E-state index is 0.131. The van der Waals surface area contributed by atoms with Crippen LogP contribution in [0.2, 0.25) is 0 Å². The van der Waals surface area contributed by atoms with E-state index in [-0.39, 0.29) is 13.2 Å². The lowest BCUT2D eigenvalue weighted by Gasteiger charge is -2.47. The minimum atomic E-state index is -1.60. The number of hydrogen-bond donors (Lipinski definition) is 6. The minimum Gasteiger partial charge on any atom is -0.394 e. The summed E-state index contributed by atoms with van der Waals surface area (Å²) in [5, 5.41) is 63.6. The van der Waals surface area contributed by atoms with Gasteiger partial charge in [0.1, 0.15) is 54.5 Å². The van der Waals surface area contributed by atoms with Crippen molar-refractivity contribution in [2.75, 3.05) is 19.8 Å². The molecule has 2 fully saturated rings. The van der Waals surface area contributed by atoms with Gasteiger partial charge in [-0.2, -0.15) is 0 Å². The van der Waals surface area contributed by atoms with Gasteiger partial charge in [-0.25, -0.2) is 4.68 Å². The molecule has 2 aliphatic rings. The van der Waals surface area contributed by atoms with Crippen molar-refractivity contribution in [2.24, 2.45) is 0 Å². The maximum absolute atomic E-state index is 11.8. The van der Waals surface area contributed by atoms with Crippen LogP contribution in [0, 0.1) is 0 Å². The van der Waals surface area contributed by atoms with Gasteiger partial charge in [-0.05, 0) is 12.0 Å². The topological polar surface area (TPSA) is 207 Å². The lowest BCUT2D eigenvalue weighted by molar-refractivity contribution is -0.352. The van der Waals surface area contributed by atoms with Gasteiger partial charge in [0.05, 0.1) is 32.6 Å². The lowest BCUT2D eigenvalue weighted by Crippen LogP contribution is -2.67. The Kier molecular flexibility index (Phi) is 11.7. The smallest absolute Gasteiger partial charge is 0.217 e. The summed E-state index contributed by atoms with van der Waals surface area (Å²) < 4.78 is 30.4. The number of aliphatic hydroxyl groups excluding tert-OH is 5. The standard InChI is InChI=1S/C27H40N4O11/c1-3-9-38-26-20(28-15(2)34)22(36)24(19(13-33)41-26)42-27-23(37)25(21(35)18(12-32)40-27)39-14-17-11-31(30-29-17)10-16-7-5-4-6-8-16/h4-8,11,18-27,32-33,35-37H,3,9-10,12-14H2,1-2H3,(H,28,34)/t18-,19-,20-,21+,22-,23-,24-,25+,26-,27+/m1/s1. The second-order valence-corrected chi connectivity index (χ2v) is 10.3. The van der Waals surface area contributed by atoms with Crippen LogP contribution in [0.25, 0.3) is 0 Å². The van der Waals surface area contributed by atoms with Crippen molar-refractivity contribution in [1.29, 1.82) is 0 Å². The SMILES string of the molecule is CCCO[C@@H]1O[C@H](CO)[C@@H](O[C@@H]2O[C@H](CO)[C@H](O)[C@H](OCc3cn(Cc4ccccc4)nn3)[C@H]2O)[C@H](O)[C@H]1NC(C)=O. The molecular formula is C27H40N4O11. The molecular weight excluding hydrogens is 556 g/mol. The normalized spacial score (nSPS) is 33.4. The van der Waals surface area contributed by atoms with Crippen LogP contribution in [0.15, 0.2) is 36.5 Å². The summed E-state index contributed by atoms with van der Waals surface area (Å²) in [7, 11) is 0. The summed E-state index contributed by atoms with van der Waals surface area (Å²) in [6.45, 7) is 2.55. The number of rotatable bonds is 13. The van der Waals surface area contributed by atoms with Crippen molar-refractivity contribution in [1.82, 2.24) is 20.3 Å². The summed E-state index contributed by atoms with van der Waals surface area (Å²) in [5.41, 5.74) is 1.46. The zero-order valence-corrected chi connectivity index (χ0v) is 23.5. The molecule has 234 valence electrons. The lowest BCUT2D eigenvalue weighted by atomic mass is 9.95. The first-order valence-electron chi connectivity index (χ1n) is 13.9. The number of carbonyl (C=O) groups is 1. The second-order valence-electron chi connectivity index (χ2n) is 10.3. The molecule has 42 heavy (non-hydrogen) atoms. The molecule has 0 radical (unpaired) electrons. The van der Waals surface area contributed by atoms with Crippen LogP contribution in [0.3, 0.4) is 0 Å². The van der Waals surface area contributed by atoms with Crippen molar-refractivity contribution in [3.63, 3.8) is 0 Å².